The zero-order valence-electron chi connectivity index (χ0n) is 12.1. The Balaban J connectivity index is 2.04. The Labute approximate surface area is 114 Å². The summed E-state index contributed by atoms with van der Waals surface area (Å²) in [6.45, 7) is 4.76. The molecule has 1 heterocycles. The average molecular weight is 268 g/mol. The predicted molar refractivity (Wildman–Crippen MR) is 71.9 cm³/mol. The number of carbonyl (C=O) groups excluding carboxylic acids is 1. The number of carboxylic acids is 1. The lowest BCUT2D eigenvalue weighted by Gasteiger charge is -2.37. The molecular formula is C14H24N2O3. The summed E-state index contributed by atoms with van der Waals surface area (Å²) in [6.07, 6.45) is 3.90. The van der Waals surface area contributed by atoms with Crippen LogP contribution in [0, 0.1) is 11.3 Å². The van der Waals surface area contributed by atoms with Crippen molar-refractivity contribution in [3.05, 3.63) is 0 Å². The van der Waals surface area contributed by atoms with E-state index in [-0.39, 0.29) is 11.9 Å². The van der Waals surface area contributed by atoms with Crippen LogP contribution in [0.25, 0.3) is 0 Å². The monoisotopic (exact) mass is 268 g/mol. The highest BCUT2D eigenvalue weighted by atomic mass is 16.4. The highest BCUT2D eigenvalue weighted by molar-refractivity contribution is 5.80. The zero-order chi connectivity index (χ0) is 14.2. The van der Waals surface area contributed by atoms with E-state index in [0.717, 1.165) is 12.8 Å². The van der Waals surface area contributed by atoms with Crippen molar-refractivity contribution < 1.29 is 14.7 Å². The maximum atomic E-state index is 12.4. The number of carbonyl (C=O) groups is 2. The van der Waals surface area contributed by atoms with Crippen molar-refractivity contribution in [1.82, 2.24) is 9.80 Å². The molecule has 0 aromatic rings. The van der Waals surface area contributed by atoms with Crippen LogP contribution in [0.3, 0.4) is 0 Å². The largest absolute Gasteiger partial charge is 0.481 e. The van der Waals surface area contributed by atoms with Crippen LogP contribution >= 0.6 is 0 Å². The van der Waals surface area contributed by atoms with Crippen molar-refractivity contribution in [2.24, 2.45) is 11.3 Å². The van der Waals surface area contributed by atoms with Gasteiger partial charge in [0, 0.05) is 26.2 Å². The van der Waals surface area contributed by atoms with E-state index in [9.17, 15) is 14.7 Å². The molecule has 5 nitrogen and oxygen atoms in total. The summed E-state index contributed by atoms with van der Waals surface area (Å²) in [4.78, 5) is 27.4. The fraction of sp³-hybridized carbons (Fsp3) is 0.857. The van der Waals surface area contributed by atoms with E-state index in [1.54, 1.807) is 9.80 Å². The van der Waals surface area contributed by atoms with Crippen LogP contribution in [-0.2, 0) is 4.79 Å². The van der Waals surface area contributed by atoms with Crippen molar-refractivity contribution in [3.8, 4) is 0 Å². The molecule has 1 N–H and O–H groups in total. The molecule has 2 rings (SSSR count). The van der Waals surface area contributed by atoms with Gasteiger partial charge in [-0.15, -0.1) is 0 Å². The number of aliphatic carboxylic acids is 1. The molecule has 0 aromatic heterocycles. The van der Waals surface area contributed by atoms with Gasteiger partial charge < -0.3 is 14.9 Å². The van der Waals surface area contributed by atoms with Crippen molar-refractivity contribution in [2.45, 2.75) is 45.6 Å². The molecular weight excluding hydrogens is 244 g/mol. The minimum atomic E-state index is -0.774. The van der Waals surface area contributed by atoms with E-state index in [4.69, 9.17) is 0 Å². The lowest BCUT2D eigenvalue weighted by molar-refractivity contribution is -0.150. The second kappa shape index (κ2) is 5.02. The smallest absolute Gasteiger partial charge is 0.320 e. The SMILES string of the molecule is CC(C)C1(C(=O)O)CCN(C(=O)N(C)C2CCC2)C1. The number of amides is 2. The first-order valence-corrected chi connectivity index (χ1v) is 7.13. The summed E-state index contributed by atoms with van der Waals surface area (Å²) in [5, 5.41) is 9.49. The summed E-state index contributed by atoms with van der Waals surface area (Å²) in [7, 11) is 1.84. The number of hydrogen-bond acceptors (Lipinski definition) is 2. The summed E-state index contributed by atoms with van der Waals surface area (Å²) in [6, 6.07) is 0.347. The third kappa shape index (κ3) is 2.30. The molecule has 0 bridgehead atoms. The molecule has 0 radical (unpaired) electrons. The number of rotatable bonds is 3. The first-order chi connectivity index (χ1) is 8.88. The van der Waals surface area contributed by atoms with Crippen LogP contribution < -0.4 is 0 Å². The predicted octanol–water partition coefficient (Wildman–Crippen LogP) is 2.02. The number of urea groups is 1. The molecule has 1 saturated heterocycles. The van der Waals surface area contributed by atoms with Crippen molar-refractivity contribution in [1.29, 1.82) is 0 Å². The van der Waals surface area contributed by atoms with Gasteiger partial charge in [0.1, 0.15) is 0 Å². The van der Waals surface area contributed by atoms with E-state index in [1.807, 2.05) is 20.9 Å². The van der Waals surface area contributed by atoms with Crippen LogP contribution in [-0.4, -0.2) is 53.1 Å². The Morgan fingerprint density at radius 1 is 1.37 bits per heavy atom. The van der Waals surface area contributed by atoms with E-state index in [0.29, 0.717) is 25.6 Å². The van der Waals surface area contributed by atoms with Crippen LogP contribution in [0.1, 0.15) is 39.5 Å². The summed E-state index contributed by atoms with van der Waals surface area (Å²) < 4.78 is 0. The summed E-state index contributed by atoms with van der Waals surface area (Å²) in [5.74, 6) is -0.735. The number of nitrogens with zero attached hydrogens (tertiary/aromatic N) is 2. The second-order valence-electron chi connectivity index (χ2n) is 6.27. The topological polar surface area (TPSA) is 60.9 Å². The fourth-order valence-electron chi connectivity index (χ4n) is 3.04. The van der Waals surface area contributed by atoms with E-state index in [2.05, 4.69) is 0 Å². The Hall–Kier alpha value is -1.26. The van der Waals surface area contributed by atoms with Crippen LogP contribution in [0.4, 0.5) is 4.79 Å². The number of hydrogen-bond donors (Lipinski definition) is 1. The molecule has 0 spiro atoms. The molecule has 5 heteroatoms. The van der Waals surface area contributed by atoms with Gasteiger partial charge in [0.25, 0.3) is 0 Å². The van der Waals surface area contributed by atoms with Crippen LogP contribution in [0.5, 0.6) is 0 Å². The van der Waals surface area contributed by atoms with Gasteiger partial charge in [-0.1, -0.05) is 13.8 Å². The molecule has 0 aromatic carbocycles. The lowest BCUT2D eigenvalue weighted by Crippen LogP contribution is -2.49. The minimum absolute atomic E-state index is 0.00604. The molecule has 108 valence electrons. The Kier molecular flexibility index (Phi) is 3.74. The van der Waals surface area contributed by atoms with Gasteiger partial charge in [0.15, 0.2) is 0 Å². The average Bonchev–Trinajstić information content (AvgIpc) is 2.71. The molecule has 2 amide bonds. The van der Waals surface area contributed by atoms with Crippen molar-refractivity contribution >= 4 is 12.0 Å². The van der Waals surface area contributed by atoms with E-state index in [1.165, 1.54) is 6.42 Å². The molecule has 2 aliphatic rings. The molecule has 1 aliphatic carbocycles. The van der Waals surface area contributed by atoms with Gasteiger partial charge in [-0.25, -0.2) is 4.79 Å². The first-order valence-electron chi connectivity index (χ1n) is 7.13. The van der Waals surface area contributed by atoms with Crippen LogP contribution in [0.2, 0.25) is 0 Å². The third-order valence-electron chi connectivity index (χ3n) is 5.03. The minimum Gasteiger partial charge on any atom is -0.481 e. The number of carboxylic acid groups (broad SMARTS) is 1. The van der Waals surface area contributed by atoms with E-state index < -0.39 is 11.4 Å². The van der Waals surface area contributed by atoms with Gasteiger partial charge >= 0.3 is 12.0 Å². The Morgan fingerprint density at radius 3 is 2.37 bits per heavy atom. The lowest BCUT2D eigenvalue weighted by atomic mass is 9.76. The van der Waals surface area contributed by atoms with Gasteiger partial charge in [-0.2, -0.15) is 0 Å². The van der Waals surface area contributed by atoms with Gasteiger partial charge in [-0.05, 0) is 31.6 Å². The standard InChI is InChI=1S/C14H24N2O3/c1-10(2)14(12(17)18)7-8-16(9-14)13(19)15(3)11-5-4-6-11/h10-11H,4-9H2,1-3H3,(H,17,18). The summed E-state index contributed by atoms with van der Waals surface area (Å²) >= 11 is 0. The van der Waals surface area contributed by atoms with Crippen LogP contribution in [0.15, 0.2) is 0 Å². The molecule has 1 unspecified atom stereocenters. The van der Waals surface area contributed by atoms with Crippen molar-refractivity contribution in [2.75, 3.05) is 20.1 Å². The van der Waals surface area contributed by atoms with Gasteiger partial charge in [0.05, 0.1) is 5.41 Å². The summed E-state index contributed by atoms with van der Waals surface area (Å²) in [5.41, 5.74) is -0.768. The number of likely N-dealkylation sites (tertiary alicyclic amines) is 1. The van der Waals surface area contributed by atoms with E-state index >= 15 is 0 Å². The van der Waals surface area contributed by atoms with Crippen molar-refractivity contribution in [3.63, 3.8) is 0 Å². The fourth-order valence-corrected chi connectivity index (χ4v) is 3.04. The highest BCUT2D eigenvalue weighted by Gasteiger charge is 2.49. The normalized spacial score (nSPS) is 27.5. The second-order valence-corrected chi connectivity index (χ2v) is 6.27. The molecule has 1 atom stereocenters. The molecule has 19 heavy (non-hydrogen) atoms. The molecule has 1 saturated carbocycles. The Bertz CT molecular complexity index is 379. The highest BCUT2D eigenvalue weighted by Crippen LogP contribution is 2.39. The third-order valence-corrected chi connectivity index (χ3v) is 5.03. The van der Waals surface area contributed by atoms with Gasteiger partial charge in [-0.3, -0.25) is 4.79 Å². The van der Waals surface area contributed by atoms with Gasteiger partial charge in [0.2, 0.25) is 0 Å². The maximum Gasteiger partial charge on any atom is 0.320 e. The quantitative estimate of drug-likeness (QED) is 0.852. The Morgan fingerprint density at radius 2 is 2.00 bits per heavy atom. The zero-order valence-corrected chi connectivity index (χ0v) is 12.1. The maximum absolute atomic E-state index is 12.4. The molecule has 1 aliphatic heterocycles. The first kappa shape index (κ1) is 14.2. The molecule has 2 fully saturated rings.